The number of benzene rings is 3. The molecule has 2 heterocycles. The van der Waals surface area contributed by atoms with Gasteiger partial charge in [0.15, 0.2) is 0 Å². The molecular weight excluding hydrogens is 418 g/mol. The quantitative estimate of drug-likeness (QED) is 0.269. The highest BCUT2D eigenvalue weighted by atomic mass is 32.1. The summed E-state index contributed by atoms with van der Waals surface area (Å²) in [5, 5.41) is 10.9. The summed E-state index contributed by atoms with van der Waals surface area (Å²) in [6, 6.07) is 22.6. The van der Waals surface area contributed by atoms with Crippen LogP contribution in [0.2, 0.25) is 0 Å². The second kappa shape index (κ2) is 9.15. The van der Waals surface area contributed by atoms with Crippen molar-refractivity contribution in [3.63, 3.8) is 0 Å². The number of likely N-dealkylation sites (tertiary alicyclic amines) is 1. The van der Waals surface area contributed by atoms with Crippen LogP contribution in [0.1, 0.15) is 28.1 Å². The summed E-state index contributed by atoms with van der Waals surface area (Å²) in [7, 11) is 0. The van der Waals surface area contributed by atoms with Gasteiger partial charge in [-0.15, -0.1) is 11.3 Å². The zero-order chi connectivity index (χ0) is 21.9. The van der Waals surface area contributed by atoms with E-state index in [2.05, 4.69) is 4.90 Å². The molecule has 5 heteroatoms. The largest absolute Gasteiger partial charge is 0.508 e. The van der Waals surface area contributed by atoms with Gasteiger partial charge in [-0.05, 0) is 61.8 Å². The lowest BCUT2D eigenvalue weighted by Crippen LogP contribution is -2.38. The van der Waals surface area contributed by atoms with Crippen molar-refractivity contribution in [2.45, 2.75) is 12.8 Å². The van der Waals surface area contributed by atoms with E-state index in [0.29, 0.717) is 17.0 Å². The van der Waals surface area contributed by atoms with Crippen LogP contribution in [0.3, 0.4) is 0 Å². The molecule has 32 heavy (non-hydrogen) atoms. The topological polar surface area (TPSA) is 49.8 Å². The number of thiophene rings is 1. The van der Waals surface area contributed by atoms with Crippen molar-refractivity contribution in [1.29, 1.82) is 0 Å². The van der Waals surface area contributed by atoms with E-state index in [-0.39, 0.29) is 11.5 Å². The van der Waals surface area contributed by atoms with Gasteiger partial charge < -0.3 is 14.7 Å². The Labute approximate surface area is 191 Å². The number of hydrogen-bond donors (Lipinski definition) is 1. The van der Waals surface area contributed by atoms with Crippen molar-refractivity contribution in [2.75, 3.05) is 26.2 Å². The Bertz CT molecular complexity index is 1230. The fraction of sp³-hybridized carbons (Fsp3) is 0.222. The number of carbonyl (C=O) groups is 1. The Balaban J connectivity index is 1.42. The second-order valence-corrected chi connectivity index (χ2v) is 9.16. The van der Waals surface area contributed by atoms with Crippen LogP contribution < -0.4 is 4.74 Å². The fourth-order valence-electron chi connectivity index (χ4n) is 4.05. The molecule has 1 fully saturated rings. The van der Waals surface area contributed by atoms with Crippen LogP contribution in [-0.4, -0.2) is 42.0 Å². The first-order chi connectivity index (χ1) is 15.7. The number of carbonyl (C=O) groups excluding carboxylic acids is 1. The maximum Gasteiger partial charge on any atom is 0.203 e. The summed E-state index contributed by atoms with van der Waals surface area (Å²) in [5.74, 6) is 1.03. The molecule has 4 aromatic rings. The molecule has 0 unspecified atom stereocenters. The van der Waals surface area contributed by atoms with Crippen molar-refractivity contribution in [3.8, 4) is 22.6 Å². The molecule has 0 amide bonds. The van der Waals surface area contributed by atoms with Crippen molar-refractivity contribution in [1.82, 2.24) is 4.90 Å². The molecule has 1 aromatic heterocycles. The minimum Gasteiger partial charge on any atom is -0.508 e. The summed E-state index contributed by atoms with van der Waals surface area (Å²) < 4.78 is 6.82. The molecule has 5 rings (SSSR count). The highest BCUT2D eigenvalue weighted by molar-refractivity contribution is 7.21. The lowest BCUT2D eigenvalue weighted by molar-refractivity contribution is 0.104. The number of ketones is 1. The Kier molecular flexibility index (Phi) is 5.93. The molecule has 0 spiro atoms. The van der Waals surface area contributed by atoms with Crippen LogP contribution >= 0.6 is 11.3 Å². The van der Waals surface area contributed by atoms with Crippen LogP contribution in [0.4, 0.5) is 0 Å². The maximum absolute atomic E-state index is 13.3. The van der Waals surface area contributed by atoms with Crippen LogP contribution in [0.5, 0.6) is 11.5 Å². The number of phenolic OH excluding ortho intramolecular Hbond substituents is 1. The van der Waals surface area contributed by atoms with Crippen molar-refractivity contribution >= 4 is 27.2 Å². The lowest BCUT2D eigenvalue weighted by atomic mass is 9.98. The molecule has 0 aliphatic carbocycles. The van der Waals surface area contributed by atoms with Gasteiger partial charge in [0.25, 0.3) is 0 Å². The third kappa shape index (κ3) is 4.27. The third-order valence-corrected chi connectivity index (χ3v) is 7.05. The zero-order valence-corrected chi connectivity index (χ0v) is 18.6. The maximum atomic E-state index is 13.3. The molecule has 1 N–H and O–H groups in total. The second-order valence-electron chi connectivity index (χ2n) is 8.10. The Morgan fingerprint density at radius 1 is 1.00 bits per heavy atom. The van der Waals surface area contributed by atoms with Gasteiger partial charge in [-0.2, -0.15) is 0 Å². The smallest absolute Gasteiger partial charge is 0.203 e. The zero-order valence-electron chi connectivity index (χ0n) is 17.8. The van der Waals surface area contributed by atoms with E-state index in [1.807, 2.05) is 60.7 Å². The summed E-state index contributed by atoms with van der Waals surface area (Å²) in [4.78, 5) is 16.5. The first-order valence-corrected chi connectivity index (χ1v) is 11.8. The molecule has 162 valence electrons. The van der Waals surface area contributed by atoms with E-state index in [0.717, 1.165) is 39.9 Å². The number of fused-ring (bicyclic) bond motifs is 1. The molecule has 0 saturated carbocycles. The predicted molar refractivity (Wildman–Crippen MR) is 130 cm³/mol. The number of ether oxygens (including phenoxy) is 1. The highest BCUT2D eigenvalue weighted by Gasteiger charge is 2.21. The first kappa shape index (κ1) is 20.7. The summed E-state index contributed by atoms with van der Waals surface area (Å²) in [6.45, 7) is 4.22. The minimum absolute atomic E-state index is 0.00684. The average molecular weight is 444 g/mol. The van der Waals surface area contributed by atoms with Crippen molar-refractivity contribution < 1.29 is 14.6 Å². The molecule has 0 bridgehead atoms. The summed E-state index contributed by atoms with van der Waals surface area (Å²) >= 11 is 1.42. The monoisotopic (exact) mass is 443 g/mol. The van der Waals surface area contributed by atoms with Gasteiger partial charge >= 0.3 is 0 Å². The molecule has 0 radical (unpaired) electrons. The van der Waals surface area contributed by atoms with E-state index < -0.39 is 0 Å². The fourth-order valence-corrected chi connectivity index (χ4v) is 5.27. The Morgan fingerprint density at radius 2 is 1.78 bits per heavy atom. The third-order valence-electron chi connectivity index (χ3n) is 5.89. The van der Waals surface area contributed by atoms with Crippen LogP contribution in [0.25, 0.3) is 21.2 Å². The van der Waals surface area contributed by atoms with Crippen LogP contribution in [0.15, 0.2) is 72.8 Å². The molecule has 1 aliphatic heterocycles. The molecule has 1 aliphatic rings. The highest BCUT2D eigenvalue weighted by Crippen LogP contribution is 2.41. The van der Waals surface area contributed by atoms with Gasteiger partial charge in [0, 0.05) is 27.8 Å². The number of rotatable bonds is 8. The first-order valence-electron chi connectivity index (χ1n) is 11.0. The molecule has 1 saturated heterocycles. The van der Waals surface area contributed by atoms with Gasteiger partial charge in [0.1, 0.15) is 11.5 Å². The minimum atomic E-state index is -0.00684. The average Bonchev–Trinajstić information content (AvgIpc) is 3.16. The standard InChI is InChI=1S/C27H25NO3S/c29-21-10-13-23-24(18-21)32-27(26(30)20-6-2-1-3-7-20)25(23)19-8-11-22(12-9-19)31-17-5-16-28-14-4-15-28/h1-3,6-13,18,29H,4-5,14-17H2. The normalized spacial score (nSPS) is 13.8. The van der Waals surface area contributed by atoms with E-state index in [4.69, 9.17) is 4.74 Å². The number of aromatic hydroxyl groups is 1. The Morgan fingerprint density at radius 3 is 2.50 bits per heavy atom. The number of phenols is 1. The van der Waals surface area contributed by atoms with Crippen LogP contribution in [-0.2, 0) is 0 Å². The van der Waals surface area contributed by atoms with E-state index in [1.165, 1.54) is 30.8 Å². The molecule has 0 atom stereocenters. The number of nitrogens with zero attached hydrogens (tertiary/aromatic N) is 1. The van der Waals surface area contributed by atoms with Gasteiger partial charge in [-0.1, -0.05) is 42.5 Å². The van der Waals surface area contributed by atoms with Gasteiger partial charge in [-0.25, -0.2) is 0 Å². The van der Waals surface area contributed by atoms with E-state index in [1.54, 1.807) is 12.1 Å². The van der Waals surface area contributed by atoms with Crippen molar-refractivity contribution in [2.24, 2.45) is 0 Å². The van der Waals surface area contributed by atoms with Gasteiger partial charge in [0.2, 0.25) is 5.78 Å². The summed E-state index contributed by atoms with van der Waals surface area (Å²) in [5.41, 5.74) is 2.53. The van der Waals surface area contributed by atoms with Gasteiger partial charge in [0.05, 0.1) is 11.5 Å². The molecule has 4 nitrogen and oxygen atoms in total. The predicted octanol–water partition coefficient (Wildman–Crippen LogP) is 5.98. The lowest BCUT2D eigenvalue weighted by Gasteiger charge is -2.30. The van der Waals surface area contributed by atoms with E-state index in [9.17, 15) is 9.90 Å². The molecular formula is C27H25NO3S. The summed E-state index contributed by atoms with van der Waals surface area (Å²) in [6.07, 6.45) is 2.34. The van der Waals surface area contributed by atoms with Crippen LogP contribution in [0, 0.1) is 0 Å². The van der Waals surface area contributed by atoms with Crippen molar-refractivity contribution in [3.05, 3.63) is 83.2 Å². The Hall–Kier alpha value is -3.15. The number of hydrogen-bond acceptors (Lipinski definition) is 5. The van der Waals surface area contributed by atoms with E-state index >= 15 is 0 Å². The molecule has 3 aromatic carbocycles. The van der Waals surface area contributed by atoms with Gasteiger partial charge in [-0.3, -0.25) is 4.79 Å². The SMILES string of the molecule is O=C(c1ccccc1)c1sc2cc(O)ccc2c1-c1ccc(OCCCN2CCC2)cc1.